The van der Waals surface area contributed by atoms with E-state index in [0.29, 0.717) is 12.5 Å². The van der Waals surface area contributed by atoms with Gasteiger partial charge in [-0.25, -0.2) is 0 Å². The lowest BCUT2D eigenvalue weighted by Crippen LogP contribution is -2.17. The zero-order valence-corrected chi connectivity index (χ0v) is 8.94. The van der Waals surface area contributed by atoms with Crippen LogP contribution in [0.4, 0.5) is 0 Å². The van der Waals surface area contributed by atoms with E-state index in [4.69, 9.17) is 4.74 Å². The van der Waals surface area contributed by atoms with E-state index < -0.39 is 0 Å². The van der Waals surface area contributed by atoms with Gasteiger partial charge in [-0.2, -0.15) is 0 Å². The summed E-state index contributed by atoms with van der Waals surface area (Å²) in [4.78, 5) is 0. The van der Waals surface area contributed by atoms with Crippen LogP contribution in [0.3, 0.4) is 0 Å². The van der Waals surface area contributed by atoms with Crippen molar-refractivity contribution >= 4 is 0 Å². The maximum absolute atomic E-state index is 5.57. The number of hydrogen-bond acceptors (Lipinski definition) is 1. The highest BCUT2D eigenvalue weighted by atomic mass is 16.5. The Bertz CT molecular complexity index is 252. The zero-order valence-electron chi connectivity index (χ0n) is 8.94. The van der Waals surface area contributed by atoms with Gasteiger partial charge in [-0.05, 0) is 19.3 Å². The summed E-state index contributed by atoms with van der Waals surface area (Å²) in [6.07, 6.45) is 6.58. The predicted octanol–water partition coefficient (Wildman–Crippen LogP) is 2.75. The van der Waals surface area contributed by atoms with Crippen molar-refractivity contribution in [3.8, 4) is 23.7 Å². The highest BCUT2D eigenvalue weighted by molar-refractivity contribution is 5.11. The molecule has 0 amide bonds. The van der Waals surface area contributed by atoms with Gasteiger partial charge in [-0.3, -0.25) is 0 Å². The van der Waals surface area contributed by atoms with E-state index in [1.807, 2.05) is 0 Å². The first kappa shape index (κ1) is 11.2. The molecule has 14 heavy (non-hydrogen) atoms. The van der Waals surface area contributed by atoms with Crippen LogP contribution in [-0.4, -0.2) is 12.7 Å². The fraction of sp³-hybridized carbons (Fsp3) is 0.692. The minimum Gasteiger partial charge on any atom is -0.377 e. The van der Waals surface area contributed by atoms with Crippen LogP contribution in [0.15, 0.2) is 0 Å². The highest BCUT2D eigenvalue weighted by Gasteiger charge is 2.11. The molecule has 0 aliphatic carbocycles. The SMILES string of the molecule is CCC#CCC#CCC1CCCCO1. The van der Waals surface area contributed by atoms with Gasteiger partial charge in [0.2, 0.25) is 0 Å². The van der Waals surface area contributed by atoms with Crippen LogP contribution >= 0.6 is 0 Å². The molecule has 1 rings (SSSR count). The zero-order chi connectivity index (χ0) is 10.1. The lowest BCUT2D eigenvalue weighted by atomic mass is 10.1. The summed E-state index contributed by atoms with van der Waals surface area (Å²) in [5.74, 6) is 12.2. The fourth-order valence-electron chi connectivity index (χ4n) is 1.45. The van der Waals surface area contributed by atoms with Crippen molar-refractivity contribution in [2.75, 3.05) is 6.61 Å². The lowest BCUT2D eigenvalue weighted by Gasteiger charge is -2.20. The van der Waals surface area contributed by atoms with Gasteiger partial charge in [0.1, 0.15) is 0 Å². The third-order valence-electron chi connectivity index (χ3n) is 2.21. The highest BCUT2D eigenvalue weighted by Crippen LogP contribution is 2.14. The monoisotopic (exact) mass is 190 g/mol. The average molecular weight is 190 g/mol. The maximum Gasteiger partial charge on any atom is 0.0702 e. The average Bonchev–Trinajstić information content (AvgIpc) is 2.25. The van der Waals surface area contributed by atoms with E-state index in [1.54, 1.807) is 0 Å². The molecule has 0 aromatic rings. The second-order valence-corrected chi connectivity index (χ2v) is 3.43. The topological polar surface area (TPSA) is 9.23 Å². The Balaban J connectivity index is 2.11. The summed E-state index contributed by atoms with van der Waals surface area (Å²) in [6.45, 7) is 2.97. The molecule has 1 aliphatic heterocycles. The molecule has 0 radical (unpaired) electrons. The molecule has 0 spiro atoms. The molecular formula is C13H18O. The third kappa shape index (κ3) is 4.95. The normalized spacial score (nSPS) is 20.2. The molecule has 1 aliphatic rings. The van der Waals surface area contributed by atoms with Gasteiger partial charge in [0, 0.05) is 19.4 Å². The molecule has 1 unspecified atom stereocenters. The molecule has 1 heterocycles. The molecule has 1 nitrogen and oxygen atoms in total. The molecular weight excluding hydrogens is 172 g/mol. The van der Waals surface area contributed by atoms with Crippen LogP contribution in [0.25, 0.3) is 0 Å². The Labute approximate surface area is 87.2 Å². The molecule has 0 N–H and O–H groups in total. The summed E-state index contributed by atoms with van der Waals surface area (Å²) >= 11 is 0. The second-order valence-electron chi connectivity index (χ2n) is 3.43. The van der Waals surface area contributed by atoms with E-state index >= 15 is 0 Å². The van der Waals surface area contributed by atoms with Gasteiger partial charge < -0.3 is 4.74 Å². The predicted molar refractivity (Wildman–Crippen MR) is 58.7 cm³/mol. The molecule has 0 aromatic carbocycles. The van der Waals surface area contributed by atoms with Crippen LogP contribution < -0.4 is 0 Å². The van der Waals surface area contributed by atoms with E-state index in [2.05, 4.69) is 30.6 Å². The van der Waals surface area contributed by atoms with E-state index in [0.717, 1.165) is 19.4 Å². The Morgan fingerprint density at radius 3 is 2.71 bits per heavy atom. The minimum absolute atomic E-state index is 0.385. The first-order chi connectivity index (χ1) is 6.93. The fourth-order valence-corrected chi connectivity index (χ4v) is 1.45. The van der Waals surface area contributed by atoms with Gasteiger partial charge in [0.25, 0.3) is 0 Å². The van der Waals surface area contributed by atoms with Gasteiger partial charge >= 0.3 is 0 Å². The molecule has 1 fully saturated rings. The Kier molecular flexibility index (Phi) is 5.96. The van der Waals surface area contributed by atoms with Crippen LogP contribution in [0, 0.1) is 23.7 Å². The number of hydrogen-bond donors (Lipinski definition) is 0. The van der Waals surface area contributed by atoms with Crippen LogP contribution in [-0.2, 0) is 4.74 Å². The van der Waals surface area contributed by atoms with Crippen molar-refractivity contribution in [1.82, 2.24) is 0 Å². The Hall–Kier alpha value is -0.920. The Morgan fingerprint density at radius 1 is 1.14 bits per heavy atom. The van der Waals surface area contributed by atoms with E-state index in [-0.39, 0.29) is 0 Å². The van der Waals surface area contributed by atoms with Gasteiger partial charge in [0.05, 0.1) is 12.5 Å². The third-order valence-corrected chi connectivity index (χ3v) is 2.21. The summed E-state index contributed by atoms with van der Waals surface area (Å²) in [6, 6.07) is 0. The van der Waals surface area contributed by atoms with Gasteiger partial charge in [0.15, 0.2) is 0 Å². The lowest BCUT2D eigenvalue weighted by molar-refractivity contribution is 0.0197. The van der Waals surface area contributed by atoms with E-state index in [9.17, 15) is 0 Å². The van der Waals surface area contributed by atoms with Crippen molar-refractivity contribution in [2.24, 2.45) is 0 Å². The molecule has 1 atom stereocenters. The summed E-state index contributed by atoms with van der Waals surface area (Å²) in [7, 11) is 0. The first-order valence-corrected chi connectivity index (χ1v) is 5.46. The molecule has 0 saturated carbocycles. The quantitative estimate of drug-likeness (QED) is 0.578. The molecule has 0 aromatic heterocycles. The second kappa shape index (κ2) is 7.48. The molecule has 0 bridgehead atoms. The van der Waals surface area contributed by atoms with Crippen molar-refractivity contribution in [1.29, 1.82) is 0 Å². The van der Waals surface area contributed by atoms with E-state index in [1.165, 1.54) is 19.3 Å². The molecule has 1 heteroatoms. The van der Waals surface area contributed by atoms with Gasteiger partial charge in [-0.15, -0.1) is 5.92 Å². The minimum atomic E-state index is 0.385. The van der Waals surface area contributed by atoms with Crippen molar-refractivity contribution in [2.45, 2.75) is 51.6 Å². The Morgan fingerprint density at radius 2 is 2.00 bits per heavy atom. The van der Waals surface area contributed by atoms with Crippen LogP contribution in [0.1, 0.15) is 45.4 Å². The van der Waals surface area contributed by atoms with Crippen molar-refractivity contribution < 1.29 is 4.74 Å². The number of ether oxygens (including phenoxy) is 1. The van der Waals surface area contributed by atoms with Crippen molar-refractivity contribution in [3.63, 3.8) is 0 Å². The van der Waals surface area contributed by atoms with Crippen LogP contribution in [0.5, 0.6) is 0 Å². The standard InChI is InChI=1S/C13H18O/c1-2-3-4-5-6-7-10-13-11-8-9-12-14-13/h13H,2,5,8-12H2,1H3. The van der Waals surface area contributed by atoms with Crippen molar-refractivity contribution in [3.05, 3.63) is 0 Å². The first-order valence-electron chi connectivity index (χ1n) is 5.46. The summed E-state index contributed by atoms with van der Waals surface area (Å²) in [5.41, 5.74) is 0. The van der Waals surface area contributed by atoms with Gasteiger partial charge in [-0.1, -0.05) is 24.7 Å². The maximum atomic E-state index is 5.57. The largest absolute Gasteiger partial charge is 0.377 e. The summed E-state index contributed by atoms with van der Waals surface area (Å²) < 4.78 is 5.57. The smallest absolute Gasteiger partial charge is 0.0702 e. The van der Waals surface area contributed by atoms with Crippen LogP contribution in [0.2, 0.25) is 0 Å². The molecule has 1 saturated heterocycles. The summed E-state index contributed by atoms with van der Waals surface area (Å²) in [5, 5.41) is 0. The number of rotatable bonds is 1. The molecule has 76 valence electrons.